The molecule has 1 fully saturated rings. The second-order valence-electron chi connectivity index (χ2n) is 2.27. The van der Waals surface area contributed by atoms with Crippen LogP contribution in [0.5, 0.6) is 0 Å². The third-order valence-corrected chi connectivity index (χ3v) is 2.31. The van der Waals surface area contributed by atoms with E-state index in [1.165, 1.54) is 0 Å². The number of carboxylic acid groups (broad SMARTS) is 1. The minimum absolute atomic E-state index is 0.528. The first kappa shape index (κ1) is 7.75. The fraction of sp³-hybridized carbons (Fsp3) is 0.500. The summed E-state index contributed by atoms with van der Waals surface area (Å²) in [7, 11) is 0. The van der Waals surface area contributed by atoms with E-state index < -0.39 is 12.0 Å². The molecule has 0 aromatic heterocycles. The summed E-state index contributed by atoms with van der Waals surface area (Å²) in [5, 5.41) is 8.62. The Kier molecular flexibility index (Phi) is 2.11. The lowest BCUT2D eigenvalue weighted by Crippen LogP contribution is -2.29. The van der Waals surface area contributed by atoms with Gasteiger partial charge >= 0.3 is 5.97 Å². The minimum Gasteiger partial charge on any atom is -0.480 e. The lowest BCUT2D eigenvalue weighted by Gasteiger charge is -2.11. The van der Waals surface area contributed by atoms with Crippen molar-refractivity contribution >= 4 is 22.1 Å². The van der Waals surface area contributed by atoms with Crippen LogP contribution in [-0.2, 0) is 4.79 Å². The highest BCUT2D eigenvalue weighted by Gasteiger charge is 2.31. The molecule has 0 aromatic rings. The van der Waals surface area contributed by atoms with Gasteiger partial charge in [0.2, 0.25) is 0 Å². The van der Waals surface area contributed by atoms with Gasteiger partial charge < -0.3 is 5.11 Å². The molecule has 0 unspecified atom stereocenters. The lowest BCUT2D eigenvalue weighted by atomic mass is 10.1. The van der Waals surface area contributed by atoms with Gasteiger partial charge in [0.1, 0.15) is 6.04 Å². The number of halogens is 1. The van der Waals surface area contributed by atoms with Crippen molar-refractivity contribution in [3.8, 4) is 0 Å². The second kappa shape index (κ2) is 2.72. The largest absolute Gasteiger partial charge is 0.480 e. The fourth-order valence-corrected chi connectivity index (χ4v) is 1.65. The maximum absolute atomic E-state index is 10.5. The molecule has 0 radical (unpaired) electrons. The highest BCUT2D eigenvalue weighted by molar-refractivity contribution is 9.07. The molecule has 0 saturated carbocycles. The predicted octanol–water partition coefficient (Wildman–Crippen LogP) is 1.01. The van der Waals surface area contributed by atoms with Crippen molar-refractivity contribution in [1.29, 1.82) is 0 Å². The molecule has 1 saturated heterocycles. The van der Waals surface area contributed by atoms with Crippen molar-refractivity contribution in [2.75, 3.05) is 6.54 Å². The zero-order valence-electron chi connectivity index (χ0n) is 5.38. The van der Waals surface area contributed by atoms with Crippen molar-refractivity contribution in [3.63, 3.8) is 0 Å². The number of nitrogens with zero attached hydrogens (tertiary/aromatic N) is 1. The van der Waals surface area contributed by atoms with Gasteiger partial charge in [0.25, 0.3) is 0 Å². The zero-order chi connectivity index (χ0) is 7.72. The summed E-state index contributed by atoms with van der Waals surface area (Å²) in [6, 6.07) is -0.528. The molecular weight excluding hydrogens is 198 g/mol. The molecule has 1 rings (SSSR count). The second-order valence-corrected chi connectivity index (χ2v) is 3.18. The third-order valence-electron chi connectivity index (χ3n) is 1.55. The smallest absolute Gasteiger partial charge is 0.326 e. The fourth-order valence-electron chi connectivity index (χ4n) is 1.01. The Bertz CT molecular complexity index is 181. The van der Waals surface area contributed by atoms with E-state index in [-0.39, 0.29) is 0 Å². The van der Waals surface area contributed by atoms with Crippen LogP contribution >= 0.6 is 16.1 Å². The van der Waals surface area contributed by atoms with Crippen LogP contribution in [0.3, 0.4) is 0 Å². The van der Waals surface area contributed by atoms with Crippen molar-refractivity contribution in [1.82, 2.24) is 3.93 Å². The first-order chi connectivity index (χ1) is 4.63. The highest BCUT2D eigenvalue weighted by atomic mass is 79.9. The molecular formula is C6H8BrNO2. The predicted molar refractivity (Wildman–Crippen MR) is 40.8 cm³/mol. The van der Waals surface area contributed by atoms with Gasteiger partial charge in [0, 0.05) is 22.7 Å². The monoisotopic (exact) mass is 205 g/mol. The quantitative estimate of drug-likeness (QED) is 0.514. The zero-order valence-corrected chi connectivity index (χ0v) is 6.97. The standard InChI is InChI=1S/C6H8BrNO2/c1-4-2-3-8(7)5(4)6(9)10/h5H,1-3H2,(H,9,10)/t5-/m0/s1. The number of hydrogen-bond donors (Lipinski definition) is 1. The average Bonchev–Trinajstić information content (AvgIpc) is 2.11. The van der Waals surface area contributed by atoms with Crippen LogP contribution in [0.2, 0.25) is 0 Å². The third kappa shape index (κ3) is 1.22. The molecule has 0 aliphatic carbocycles. The van der Waals surface area contributed by atoms with Gasteiger partial charge in [0.05, 0.1) is 0 Å². The van der Waals surface area contributed by atoms with Crippen molar-refractivity contribution in [2.24, 2.45) is 0 Å². The summed E-state index contributed by atoms with van der Waals surface area (Å²) in [5.41, 5.74) is 0.768. The summed E-state index contributed by atoms with van der Waals surface area (Å²) in [6.07, 6.45) is 0.766. The van der Waals surface area contributed by atoms with Crippen LogP contribution < -0.4 is 0 Å². The summed E-state index contributed by atoms with van der Waals surface area (Å²) < 4.78 is 1.61. The summed E-state index contributed by atoms with van der Waals surface area (Å²) >= 11 is 3.14. The van der Waals surface area contributed by atoms with Crippen LogP contribution in [-0.4, -0.2) is 27.6 Å². The van der Waals surface area contributed by atoms with Crippen LogP contribution in [0.4, 0.5) is 0 Å². The van der Waals surface area contributed by atoms with Crippen molar-refractivity contribution in [2.45, 2.75) is 12.5 Å². The minimum atomic E-state index is -0.834. The Labute approximate surface area is 67.7 Å². The van der Waals surface area contributed by atoms with Crippen molar-refractivity contribution < 1.29 is 9.90 Å². The molecule has 3 nitrogen and oxygen atoms in total. The van der Waals surface area contributed by atoms with Gasteiger partial charge in [0.15, 0.2) is 0 Å². The molecule has 0 spiro atoms. The van der Waals surface area contributed by atoms with Crippen LogP contribution in [0.1, 0.15) is 6.42 Å². The Morgan fingerprint density at radius 1 is 1.90 bits per heavy atom. The Balaban J connectivity index is 2.72. The van der Waals surface area contributed by atoms with Gasteiger partial charge in [-0.3, -0.25) is 4.79 Å². The lowest BCUT2D eigenvalue weighted by molar-refractivity contribution is -0.139. The maximum Gasteiger partial charge on any atom is 0.326 e. The molecule has 56 valence electrons. The SMILES string of the molecule is C=C1CCN(Br)[C@@H]1C(=O)O. The highest BCUT2D eigenvalue weighted by Crippen LogP contribution is 2.24. The molecule has 1 aliphatic rings. The van der Waals surface area contributed by atoms with Crippen LogP contribution in [0.15, 0.2) is 12.2 Å². The van der Waals surface area contributed by atoms with E-state index >= 15 is 0 Å². The number of aliphatic carboxylic acids is 1. The topological polar surface area (TPSA) is 40.5 Å². The molecule has 0 amide bonds. The maximum atomic E-state index is 10.5. The first-order valence-electron chi connectivity index (χ1n) is 2.96. The molecule has 10 heavy (non-hydrogen) atoms. The summed E-state index contributed by atoms with van der Waals surface area (Å²) in [6.45, 7) is 4.39. The molecule has 1 heterocycles. The Hall–Kier alpha value is -0.350. The van der Waals surface area contributed by atoms with E-state index in [1.807, 2.05) is 0 Å². The molecule has 1 aliphatic heterocycles. The molecule has 1 N–H and O–H groups in total. The molecule has 0 aromatic carbocycles. The van der Waals surface area contributed by atoms with Gasteiger partial charge in [-0.1, -0.05) is 6.58 Å². The van der Waals surface area contributed by atoms with Gasteiger partial charge in [-0.15, -0.1) is 0 Å². The molecule has 1 atom stereocenters. The van der Waals surface area contributed by atoms with E-state index in [0.29, 0.717) is 0 Å². The van der Waals surface area contributed by atoms with E-state index in [9.17, 15) is 4.79 Å². The van der Waals surface area contributed by atoms with Gasteiger partial charge in [-0.2, -0.15) is 0 Å². The molecule has 4 heteroatoms. The Morgan fingerprint density at radius 3 is 2.70 bits per heavy atom. The van der Waals surface area contributed by atoms with E-state index in [4.69, 9.17) is 5.11 Å². The number of carboxylic acids is 1. The molecule has 0 bridgehead atoms. The van der Waals surface area contributed by atoms with E-state index in [0.717, 1.165) is 18.5 Å². The summed E-state index contributed by atoms with van der Waals surface area (Å²) in [5.74, 6) is -0.834. The van der Waals surface area contributed by atoms with Gasteiger partial charge in [-0.25, -0.2) is 3.93 Å². The van der Waals surface area contributed by atoms with E-state index in [1.54, 1.807) is 3.93 Å². The number of rotatable bonds is 1. The number of carbonyl (C=O) groups is 1. The van der Waals surface area contributed by atoms with Crippen LogP contribution in [0.25, 0.3) is 0 Å². The Morgan fingerprint density at radius 2 is 2.50 bits per heavy atom. The first-order valence-corrected chi connectivity index (χ1v) is 3.66. The van der Waals surface area contributed by atoms with Crippen molar-refractivity contribution in [3.05, 3.63) is 12.2 Å². The van der Waals surface area contributed by atoms with Gasteiger partial charge in [-0.05, 0) is 12.0 Å². The van der Waals surface area contributed by atoms with E-state index in [2.05, 4.69) is 22.7 Å². The number of hydrogen-bond acceptors (Lipinski definition) is 2. The van der Waals surface area contributed by atoms with Crippen LogP contribution in [0, 0.1) is 0 Å². The average molecular weight is 206 g/mol. The normalized spacial score (nSPS) is 27.3. The summed E-state index contributed by atoms with van der Waals surface area (Å²) in [4.78, 5) is 10.5.